The van der Waals surface area contributed by atoms with E-state index in [2.05, 4.69) is 40.7 Å². The van der Waals surface area contributed by atoms with Gasteiger partial charge in [0.05, 0.1) is 13.2 Å². The Morgan fingerprint density at radius 2 is 1.88 bits per heavy atom. The number of aromatic hydroxyl groups is 1. The molecule has 1 saturated carbocycles. The molecule has 1 aromatic carbocycles. The normalized spacial score (nSPS) is 31.5. The van der Waals surface area contributed by atoms with Crippen LogP contribution in [0.25, 0.3) is 0 Å². The van der Waals surface area contributed by atoms with E-state index in [1.165, 1.54) is 6.42 Å². The number of phenolic OH excluding ortho intramolecular Hbond substituents is 1. The molecule has 0 aromatic heterocycles. The van der Waals surface area contributed by atoms with Gasteiger partial charge in [-0.25, -0.2) is 0 Å². The van der Waals surface area contributed by atoms with Gasteiger partial charge in [0.1, 0.15) is 0 Å². The van der Waals surface area contributed by atoms with E-state index < -0.39 is 6.10 Å². The summed E-state index contributed by atoms with van der Waals surface area (Å²) in [5.74, 6) is 1.43. The molecule has 3 atom stereocenters. The molecule has 0 bridgehead atoms. The molecule has 0 amide bonds. The molecule has 3 heteroatoms. The Morgan fingerprint density at radius 1 is 1.21 bits per heavy atom. The van der Waals surface area contributed by atoms with E-state index in [1.54, 1.807) is 7.11 Å². The van der Waals surface area contributed by atoms with Gasteiger partial charge in [-0.1, -0.05) is 41.0 Å². The number of benzene rings is 1. The number of methoxy groups -OCH3 is 1. The summed E-state index contributed by atoms with van der Waals surface area (Å²) in [7, 11) is 1.62. The van der Waals surface area contributed by atoms with E-state index in [4.69, 9.17) is 4.74 Å². The van der Waals surface area contributed by atoms with Crippen LogP contribution >= 0.6 is 0 Å². The molecule has 134 valence electrons. The average Bonchev–Trinajstić information content (AvgIpc) is 2.48. The summed E-state index contributed by atoms with van der Waals surface area (Å²) in [6.45, 7) is 11.1. The van der Waals surface area contributed by atoms with Gasteiger partial charge in [0, 0.05) is 16.5 Å². The van der Waals surface area contributed by atoms with E-state index in [0.29, 0.717) is 11.7 Å². The second kappa shape index (κ2) is 5.66. The van der Waals surface area contributed by atoms with Gasteiger partial charge in [0.25, 0.3) is 0 Å². The van der Waals surface area contributed by atoms with Gasteiger partial charge < -0.3 is 14.9 Å². The van der Waals surface area contributed by atoms with E-state index in [1.807, 2.05) is 0 Å². The molecular formula is C21H32O3. The fourth-order valence-electron chi connectivity index (χ4n) is 5.55. The highest BCUT2D eigenvalue weighted by atomic mass is 16.5. The summed E-state index contributed by atoms with van der Waals surface area (Å²) in [6.07, 6.45) is 3.66. The molecule has 1 fully saturated rings. The molecule has 0 radical (unpaired) electrons. The van der Waals surface area contributed by atoms with Crippen molar-refractivity contribution < 1.29 is 14.9 Å². The highest BCUT2D eigenvalue weighted by Gasteiger charge is 2.53. The lowest BCUT2D eigenvalue weighted by Crippen LogP contribution is -2.48. The number of ether oxygens (including phenoxy) is 1. The van der Waals surface area contributed by atoms with Crippen LogP contribution in [0.1, 0.15) is 89.0 Å². The Morgan fingerprint density at radius 3 is 2.46 bits per heavy atom. The van der Waals surface area contributed by atoms with Gasteiger partial charge in [-0.05, 0) is 48.1 Å². The van der Waals surface area contributed by atoms with Gasteiger partial charge in [-0.2, -0.15) is 0 Å². The molecule has 0 saturated heterocycles. The van der Waals surface area contributed by atoms with E-state index in [0.717, 1.165) is 36.0 Å². The molecule has 3 rings (SSSR count). The zero-order valence-electron chi connectivity index (χ0n) is 15.9. The van der Waals surface area contributed by atoms with Crippen molar-refractivity contribution in [1.82, 2.24) is 0 Å². The van der Waals surface area contributed by atoms with Crippen molar-refractivity contribution in [2.75, 3.05) is 7.11 Å². The maximum absolute atomic E-state index is 11.1. The zero-order chi connectivity index (χ0) is 17.9. The van der Waals surface area contributed by atoms with Crippen LogP contribution in [0.5, 0.6) is 11.5 Å². The van der Waals surface area contributed by atoms with Gasteiger partial charge >= 0.3 is 0 Å². The number of aliphatic hydroxyl groups excluding tert-OH is 1. The fourth-order valence-corrected chi connectivity index (χ4v) is 5.55. The lowest BCUT2D eigenvalue weighted by molar-refractivity contribution is -0.00817. The third kappa shape index (κ3) is 2.35. The molecule has 2 aliphatic carbocycles. The summed E-state index contributed by atoms with van der Waals surface area (Å²) >= 11 is 0. The van der Waals surface area contributed by atoms with E-state index in [9.17, 15) is 10.2 Å². The SMILES string of the molecule is COc1c(C(C)C)cc2c(c1O)[C@]1(C)CCCC(C)(C)[C@H]1C[C@@H]2O. The Hall–Kier alpha value is -1.22. The van der Waals surface area contributed by atoms with Crippen molar-refractivity contribution in [3.63, 3.8) is 0 Å². The number of rotatable bonds is 2. The summed E-state index contributed by atoms with van der Waals surface area (Å²) in [5, 5.41) is 22.0. The fraction of sp³-hybridized carbons (Fsp3) is 0.714. The molecule has 0 aliphatic heterocycles. The van der Waals surface area contributed by atoms with Crippen LogP contribution in [0.15, 0.2) is 6.07 Å². The predicted molar refractivity (Wildman–Crippen MR) is 96.8 cm³/mol. The molecule has 1 aromatic rings. The minimum absolute atomic E-state index is 0.108. The van der Waals surface area contributed by atoms with Crippen molar-refractivity contribution in [3.05, 3.63) is 22.8 Å². The van der Waals surface area contributed by atoms with Gasteiger partial charge in [0.15, 0.2) is 11.5 Å². The van der Waals surface area contributed by atoms with Gasteiger partial charge in [-0.15, -0.1) is 0 Å². The summed E-state index contributed by atoms with van der Waals surface area (Å²) in [6, 6.07) is 2.08. The lowest BCUT2D eigenvalue weighted by Gasteiger charge is -2.55. The maximum Gasteiger partial charge on any atom is 0.164 e. The smallest absolute Gasteiger partial charge is 0.164 e. The summed E-state index contributed by atoms with van der Waals surface area (Å²) in [5.41, 5.74) is 2.88. The van der Waals surface area contributed by atoms with Crippen molar-refractivity contribution >= 4 is 0 Å². The number of aliphatic hydroxyl groups is 1. The van der Waals surface area contributed by atoms with Crippen LogP contribution in [-0.2, 0) is 5.41 Å². The lowest BCUT2D eigenvalue weighted by atomic mass is 9.49. The second-order valence-corrected chi connectivity index (χ2v) is 9.03. The third-order valence-electron chi connectivity index (χ3n) is 6.76. The molecule has 2 N–H and O–H groups in total. The van der Waals surface area contributed by atoms with Crippen LogP contribution in [0.2, 0.25) is 0 Å². The monoisotopic (exact) mass is 332 g/mol. The molecule has 3 nitrogen and oxygen atoms in total. The first-order valence-corrected chi connectivity index (χ1v) is 9.25. The molecule has 2 aliphatic rings. The first-order chi connectivity index (χ1) is 11.1. The highest BCUT2D eigenvalue weighted by molar-refractivity contribution is 5.60. The highest BCUT2D eigenvalue weighted by Crippen LogP contribution is 2.62. The molecular weight excluding hydrogens is 300 g/mol. The topological polar surface area (TPSA) is 49.7 Å². The quantitative estimate of drug-likeness (QED) is 0.797. The largest absolute Gasteiger partial charge is 0.504 e. The van der Waals surface area contributed by atoms with Gasteiger partial charge in [0.2, 0.25) is 0 Å². The van der Waals surface area contributed by atoms with Crippen molar-refractivity contribution in [2.24, 2.45) is 11.3 Å². The molecule has 24 heavy (non-hydrogen) atoms. The van der Waals surface area contributed by atoms with Crippen molar-refractivity contribution in [3.8, 4) is 11.5 Å². The zero-order valence-corrected chi connectivity index (χ0v) is 15.9. The first-order valence-electron chi connectivity index (χ1n) is 9.25. The van der Waals surface area contributed by atoms with Crippen LogP contribution in [0.4, 0.5) is 0 Å². The Bertz CT molecular complexity index is 647. The van der Waals surface area contributed by atoms with Crippen molar-refractivity contribution in [1.29, 1.82) is 0 Å². The number of hydrogen-bond donors (Lipinski definition) is 2. The molecule has 0 heterocycles. The Balaban J connectivity index is 2.28. The Kier molecular flexibility index (Phi) is 4.15. The standard InChI is InChI=1S/C21H32O3/c1-12(2)13-10-14-15(22)11-16-20(3,4)8-7-9-21(16,5)17(14)18(23)19(13)24-6/h10,12,15-16,22-23H,7-9,11H2,1-6H3/t15-,16+,21+/m0/s1. The Labute approximate surface area is 146 Å². The summed E-state index contributed by atoms with van der Waals surface area (Å²) < 4.78 is 5.58. The third-order valence-corrected chi connectivity index (χ3v) is 6.76. The maximum atomic E-state index is 11.1. The second-order valence-electron chi connectivity index (χ2n) is 9.03. The van der Waals surface area contributed by atoms with Crippen LogP contribution < -0.4 is 4.74 Å². The number of fused-ring (bicyclic) bond motifs is 3. The van der Waals surface area contributed by atoms with E-state index in [-0.39, 0.29) is 22.5 Å². The molecule has 0 spiro atoms. The van der Waals surface area contributed by atoms with Crippen molar-refractivity contribution in [2.45, 2.75) is 77.7 Å². The minimum atomic E-state index is -0.509. The van der Waals surface area contributed by atoms with Gasteiger partial charge in [-0.3, -0.25) is 0 Å². The number of phenols is 1. The summed E-state index contributed by atoms with van der Waals surface area (Å²) in [4.78, 5) is 0. The van der Waals surface area contributed by atoms with Crippen LogP contribution in [0.3, 0.4) is 0 Å². The predicted octanol–water partition coefficient (Wildman–Crippen LogP) is 5.05. The minimum Gasteiger partial charge on any atom is -0.504 e. The first kappa shape index (κ1) is 17.6. The van der Waals surface area contributed by atoms with Crippen LogP contribution in [-0.4, -0.2) is 17.3 Å². The molecule has 0 unspecified atom stereocenters. The number of hydrogen-bond acceptors (Lipinski definition) is 3. The van der Waals surface area contributed by atoms with E-state index >= 15 is 0 Å². The van der Waals surface area contributed by atoms with Crippen LogP contribution in [0, 0.1) is 11.3 Å². The average molecular weight is 332 g/mol.